The van der Waals surface area contributed by atoms with Gasteiger partial charge in [-0.3, -0.25) is 14.8 Å². The summed E-state index contributed by atoms with van der Waals surface area (Å²) in [6.45, 7) is 15.4. The molecule has 2 heterocycles. The van der Waals surface area contributed by atoms with Crippen LogP contribution in [0.1, 0.15) is 44.6 Å². The first-order chi connectivity index (χ1) is 12.5. The lowest BCUT2D eigenvalue weighted by atomic mass is 10.1. The maximum absolute atomic E-state index is 4.35. The third-order valence-corrected chi connectivity index (χ3v) is 6.07. The number of aliphatic imine (C=N–C) groups is 1. The van der Waals surface area contributed by atoms with Crippen LogP contribution in [0.5, 0.6) is 0 Å². The molecule has 0 atom stereocenters. The predicted octanol–water partition coefficient (Wildman–Crippen LogP) is 3.40. The molecule has 0 amide bonds. The van der Waals surface area contributed by atoms with Gasteiger partial charge in [0, 0.05) is 63.3 Å². The summed E-state index contributed by atoms with van der Waals surface area (Å²) in [5, 5.41) is 9.12. The second kappa shape index (κ2) is 13.0. The lowest BCUT2D eigenvalue weighted by Gasteiger charge is -2.30. The van der Waals surface area contributed by atoms with Gasteiger partial charge in [-0.2, -0.15) is 0 Å². The molecule has 0 fully saturated rings. The molecule has 0 aliphatic carbocycles. The summed E-state index contributed by atoms with van der Waals surface area (Å²) in [7, 11) is 1.85. The van der Waals surface area contributed by atoms with Gasteiger partial charge in [0.15, 0.2) is 5.96 Å². The number of nitrogens with one attached hydrogen (secondary N) is 2. The van der Waals surface area contributed by atoms with Crippen molar-refractivity contribution in [3.05, 3.63) is 21.9 Å². The maximum Gasteiger partial charge on any atom is 0.191 e. The molecule has 0 aromatic carbocycles. The molecule has 0 spiro atoms. The molecule has 0 saturated heterocycles. The van der Waals surface area contributed by atoms with E-state index in [0.717, 1.165) is 45.1 Å². The van der Waals surface area contributed by atoms with Crippen molar-refractivity contribution in [2.24, 2.45) is 4.99 Å². The van der Waals surface area contributed by atoms with Crippen molar-refractivity contribution in [1.29, 1.82) is 0 Å². The fourth-order valence-electron chi connectivity index (χ4n) is 3.63. The highest BCUT2D eigenvalue weighted by molar-refractivity contribution is 14.0. The van der Waals surface area contributed by atoms with Crippen LogP contribution in [0.2, 0.25) is 0 Å². The van der Waals surface area contributed by atoms with Gasteiger partial charge in [-0.05, 0) is 57.5 Å². The molecule has 0 radical (unpaired) electrons. The van der Waals surface area contributed by atoms with Crippen LogP contribution < -0.4 is 10.6 Å². The number of halogens is 1. The topological polar surface area (TPSA) is 42.9 Å². The molecule has 1 aliphatic heterocycles. The van der Waals surface area contributed by atoms with Gasteiger partial charge in [-0.25, -0.2) is 0 Å². The molecule has 1 aromatic heterocycles. The van der Waals surface area contributed by atoms with Gasteiger partial charge in [0.2, 0.25) is 0 Å². The lowest BCUT2D eigenvalue weighted by Crippen LogP contribution is -2.43. The summed E-state index contributed by atoms with van der Waals surface area (Å²) in [6.07, 6.45) is 2.33. The first-order valence-corrected chi connectivity index (χ1v) is 10.9. The van der Waals surface area contributed by atoms with Crippen LogP contribution in [0.25, 0.3) is 0 Å². The van der Waals surface area contributed by atoms with Gasteiger partial charge in [0.25, 0.3) is 0 Å². The second-order valence-electron chi connectivity index (χ2n) is 7.60. The average molecular weight is 508 g/mol. The first kappa shape index (κ1) is 24.7. The van der Waals surface area contributed by atoms with E-state index in [9.17, 15) is 0 Å². The third-order valence-electron chi connectivity index (χ3n) is 5.04. The molecule has 0 saturated carbocycles. The van der Waals surface area contributed by atoms with Crippen LogP contribution in [0, 0.1) is 0 Å². The van der Waals surface area contributed by atoms with Crippen LogP contribution in [0.4, 0.5) is 0 Å². The summed E-state index contributed by atoms with van der Waals surface area (Å²) in [5.74, 6) is 0.916. The van der Waals surface area contributed by atoms with Crippen LogP contribution in [-0.2, 0) is 13.0 Å². The summed E-state index contributed by atoms with van der Waals surface area (Å²) < 4.78 is 0. The fraction of sp³-hybridized carbons (Fsp3) is 0.750. The van der Waals surface area contributed by atoms with E-state index in [0.29, 0.717) is 12.1 Å². The van der Waals surface area contributed by atoms with Crippen molar-refractivity contribution in [1.82, 2.24) is 20.4 Å². The molecular weight excluding hydrogens is 469 g/mol. The SMILES string of the molecule is CN=C(NCCCN(C(C)C)C(C)C)NCCN1CCc2sccc2C1.I. The Bertz CT molecular complexity index is 550. The zero-order chi connectivity index (χ0) is 18.9. The molecule has 2 N–H and O–H groups in total. The van der Waals surface area contributed by atoms with Crippen LogP contribution in [0.3, 0.4) is 0 Å². The summed E-state index contributed by atoms with van der Waals surface area (Å²) in [6, 6.07) is 3.47. The number of guanidine groups is 1. The molecule has 156 valence electrons. The minimum absolute atomic E-state index is 0. The summed E-state index contributed by atoms with van der Waals surface area (Å²) in [5.41, 5.74) is 1.52. The van der Waals surface area contributed by atoms with Crippen molar-refractivity contribution in [3.8, 4) is 0 Å². The molecule has 0 bridgehead atoms. The number of rotatable bonds is 9. The summed E-state index contributed by atoms with van der Waals surface area (Å²) >= 11 is 1.90. The molecule has 5 nitrogen and oxygen atoms in total. The highest BCUT2D eigenvalue weighted by Gasteiger charge is 2.16. The van der Waals surface area contributed by atoms with Crippen LogP contribution >= 0.6 is 35.3 Å². The zero-order valence-corrected chi connectivity index (χ0v) is 20.8. The van der Waals surface area contributed by atoms with Gasteiger partial charge in [-0.1, -0.05) is 0 Å². The standard InChI is InChI=1S/C20H37N5S.HI/c1-16(2)25(17(3)4)11-6-9-22-20(21-5)23-10-13-24-12-7-19-18(15-24)8-14-26-19;/h8,14,16-17H,6-7,9-13,15H2,1-5H3,(H2,21,22,23);1H. The third kappa shape index (κ3) is 8.25. The van der Waals surface area contributed by atoms with E-state index in [-0.39, 0.29) is 24.0 Å². The minimum atomic E-state index is 0. The number of hydrogen-bond donors (Lipinski definition) is 2. The Balaban J connectivity index is 0.00000364. The van der Waals surface area contributed by atoms with E-state index in [1.54, 1.807) is 4.88 Å². The number of fused-ring (bicyclic) bond motifs is 1. The molecule has 0 unspecified atom stereocenters. The number of hydrogen-bond acceptors (Lipinski definition) is 4. The molecule has 7 heteroatoms. The Hall–Kier alpha value is -0.380. The quantitative estimate of drug-likeness (QED) is 0.233. The largest absolute Gasteiger partial charge is 0.356 e. The normalized spacial score (nSPS) is 15.2. The van der Waals surface area contributed by atoms with Gasteiger partial charge >= 0.3 is 0 Å². The van der Waals surface area contributed by atoms with E-state index in [1.807, 2.05) is 18.4 Å². The molecule has 1 aromatic rings. The van der Waals surface area contributed by atoms with E-state index in [4.69, 9.17) is 0 Å². The highest BCUT2D eigenvalue weighted by atomic mass is 127. The zero-order valence-electron chi connectivity index (χ0n) is 17.6. The van der Waals surface area contributed by atoms with Crippen molar-refractivity contribution in [2.75, 3.05) is 39.8 Å². The Kier molecular flexibility index (Phi) is 11.8. The predicted molar refractivity (Wildman–Crippen MR) is 130 cm³/mol. The number of thiophene rings is 1. The van der Waals surface area contributed by atoms with Crippen molar-refractivity contribution >= 4 is 41.3 Å². The Morgan fingerprint density at radius 2 is 1.93 bits per heavy atom. The Morgan fingerprint density at radius 1 is 1.22 bits per heavy atom. The minimum Gasteiger partial charge on any atom is -0.356 e. The van der Waals surface area contributed by atoms with Gasteiger partial charge in [0.05, 0.1) is 0 Å². The number of nitrogens with zero attached hydrogens (tertiary/aromatic N) is 3. The van der Waals surface area contributed by atoms with E-state index < -0.39 is 0 Å². The fourth-order valence-corrected chi connectivity index (χ4v) is 4.52. The van der Waals surface area contributed by atoms with Crippen LogP contribution in [0.15, 0.2) is 16.4 Å². The van der Waals surface area contributed by atoms with Crippen LogP contribution in [-0.4, -0.2) is 67.6 Å². The van der Waals surface area contributed by atoms with Gasteiger partial charge in [0.1, 0.15) is 0 Å². The second-order valence-corrected chi connectivity index (χ2v) is 8.60. The van der Waals surface area contributed by atoms with E-state index >= 15 is 0 Å². The molecule has 27 heavy (non-hydrogen) atoms. The van der Waals surface area contributed by atoms with Gasteiger partial charge < -0.3 is 10.6 Å². The van der Waals surface area contributed by atoms with Crippen molar-refractivity contribution < 1.29 is 0 Å². The van der Waals surface area contributed by atoms with Crippen molar-refractivity contribution in [2.45, 2.75) is 59.2 Å². The Morgan fingerprint density at radius 3 is 2.59 bits per heavy atom. The smallest absolute Gasteiger partial charge is 0.191 e. The molecule has 1 aliphatic rings. The Labute approximate surface area is 187 Å². The van der Waals surface area contributed by atoms with Gasteiger partial charge in [-0.15, -0.1) is 35.3 Å². The first-order valence-electron chi connectivity index (χ1n) is 9.99. The van der Waals surface area contributed by atoms with E-state index in [1.165, 1.54) is 18.5 Å². The highest BCUT2D eigenvalue weighted by Crippen LogP contribution is 2.23. The summed E-state index contributed by atoms with van der Waals surface area (Å²) in [4.78, 5) is 11.0. The average Bonchev–Trinajstić information content (AvgIpc) is 3.07. The van der Waals surface area contributed by atoms with E-state index in [2.05, 4.69) is 64.6 Å². The molecular formula is C20H38IN5S. The van der Waals surface area contributed by atoms with Crippen molar-refractivity contribution in [3.63, 3.8) is 0 Å². The monoisotopic (exact) mass is 507 g/mol. The lowest BCUT2D eigenvalue weighted by molar-refractivity contribution is 0.173. The maximum atomic E-state index is 4.35. The molecule has 2 rings (SSSR count).